The Morgan fingerprint density at radius 1 is 1.53 bits per heavy atom. The van der Waals surface area contributed by atoms with Gasteiger partial charge >= 0.3 is 0 Å². The maximum atomic E-state index is 11.8. The molecule has 0 aromatic carbocycles. The van der Waals surface area contributed by atoms with Gasteiger partial charge in [0.15, 0.2) is 15.6 Å². The van der Waals surface area contributed by atoms with Crippen molar-refractivity contribution >= 4 is 44.1 Å². The number of hydrogen-bond donors (Lipinski definition) is 1. The number of nitrogens with one attached hydrogen (secondary N) is 1. The maximum absolute atomic E-state index is 11.8. The standard InChI is InChI=1S/C10H7BrN2O3S/c1-5(14)7-4-17-10(12-7)13-9(15)6-2-3-16-8(6)11/h2-4H,1H3,(H,12,13,15). The fourth-order valence-electron chi connectivity index (χ4n) is 1.11. The number of ketones is 1. The van der Waals surface area contributed by atoms with Gasteiger partial charge in [0, 0.05) is 12.3 Å². The minimum atomic E-state index is -0.338. The largest absolute Gasteiger partial charge is 0.457 e. The van der Waals surface area contributed by atoms with E-state index in [-0.39, 0.29) is 11.7 Å². The molecule has 2 heterocycles. The highest BCUT2D eigenvalue weighted by atomic mass is 79.9. The summed E-state index contributed by atoms with van der Waals surface area (Å²) in [6.45, 7) is 1.42. The SMILES string of the molecule is CC(=O)c1csc(NC(=O)c2ccoc2Br)n1. The number of carbonyl (C=O) groups excluding carboxylic acids is 2. The monoisotopic (exact) mass is 314 g/mol. The van der Waals surface area contributed by atoms with Crippen LogP contribution < -0.4 is 5.32 Å². The van der Waals surface area contributed by atoms with Gasteiger partial charge in [0.1, 0.15) is 5.69 Å². The van der Waals surface area contributed by atoms with Gasteiger partial charge in [-0.15, -0.1) is 11.3 Å². The zero-order valence-corrected chi connectivity index (χ0v) is 11.1. The number of nitrogens with zero attached hydrogens (tertiary/aromatic N) is 1. The molecular weight excluding hydrogens is 308 g/mol. The average molecular weight is 315 g/mol. The Morgan fingerprint density at radius 2 is 2.29 bits per heavy atom. The number of halogens is 1. The van der Waals surface area contributed by atoms with Crippen molar-refractivity contribution in [2.75, 3.05) is 5.32 Å². The molecule has 88 valence electrons. The molecule has 0 radical (unpaired) electrons. The van der Waals surface area contributed by atoms with Gasteiger partial charge < -0.3 is 4.42 Å². The lowest BCUT2D eigenvalue weighted by molar-refractivity contribution is 0.100. The van der Waals surface area contributed by atoms with Crippen molar-refractivity contribution in [1.29, 1.82) is 0 Å². The van der Waals surface area contributed by atoms with Gasteiger partial charge in [0.05, 0.1) is 11.8 Å². The lowest BCUT2D eigenvalue weighted by Gasteiger charge is -1.98. The molecule has 0 atom stereocenters. The zero-order valence-electron chi connectivity index (χ0n) is 8.69. The summed E-state index contributed by atoms with van der Waals surface area (Å²) < 4.78 is 5.31. The first-order chi connectivity index (χ1) is 8.08. The van der Waals surface area contributed by atoms with Crippen molar-refractivity contribution in [1.82, 2.24) is 4.98 Å². The molecule has 0 unspecified atom stereocenters. The van der Waals surface area contributed by atoms with Gasteiger partial charge in [-0.1, -0.05) is 0 Å². The van der Waals surface area contributed by atoms with Crippen LogP contribution in [0.5, 0.6) is 0 Å². The van der Waals surface area contributed by atoms with Crippen LogP contribution in [-0.4, -0.2) is 16.7 Å². The Morgan fingerprint density at radius 3 is 2.82 bits per heavy atom. The summed E-state index contributed by atoms with van der Waals surface area (Å²) >= 11 is 4.31. The van der Waals surface area contributed by atoms with E-state index in [0.29, 0.717) is 21.1 Å². The number of thiazole rings is 1. The fraction of sp³-hybridized carbons (Fsp3) is 0.100. The Kier molecular flexibility index (Phi) is 3.39. The molecule has 0 aliphatic heterocycles. The smallest absolute Gasteiger partial charge is 0.261 e. The zero-order chi connectivity index (χ0) is 12.4. The number of hydrogen-bond acceptors (Lipinski definition) is 5. The first-order valence-corrected chi connectivity index (χ1v) is 6.26. The van der Waals surface area contributed by atoms with E-state index in [1.165, 1.54) is 24.5 Å². The van der Waals surface area contributed by atoms with Crippen LogP contribution in [0.3, 0.4) is 0 Å². The van der Waals surface area contributed by atoms with Crippen molar-refractivity contribution in [2.45, 2.75) is 6.92 Å². The average Bonchev–Trinajstić information content (AvgIpc) is 2.86. The van der Waals surface area contributed by atoms with E-state index >= 15 is 0 Å². The minimum absolute atomic E-state index is 0.133. The molecule has 17 heavy (non-hydrogen) atoms. The lowest BCUT2D eigenvalue weighted by Crippen LogP contribution is -2.11. The summed E-state index contributed by atoms with van der Waals surface area (Å²) in [6, 6.07) is 1.54. The van der Waals surface area contributed by atoms with Crippen LogP contribution in [-0.2, 0) is 0 Å². The van der Waals surface area contributed by atoms with Crippen molar-refractivity contribution in [3.8, 4) is 0 Å². The molecule has 1 amide bonds. The number of Topliss-reactive ketones (excluding diaryl/α,β-unsaturated/α-hetero) is 1. The van der Waals surface area contributed by atoms with Crippen LogP contribution in [0.2, 0.25) is 0 Å². The number of rotatable bonds is 3. The molecule has 2 aromatic heterocycles. The van der Waals surface area contributed by atoms with Gasteiger partial charge in [-0.05, 0) is 22.0 Å². The van der Waals surface area contributed by atoms with Crippen LogP contribution in [0.25, 0.3) is 0 Å². The Bertz CT molecular complexity index is 576. The van der Waals surface area contributed by atoms with Gasteiger partial charge in [-0.25, -0.2) is 4.98 Å². The Balaban J connectivity index is 2.13. The molecule has 0 spiro atoms. The first kappa shape index (κ1) is 12.0. The predicted molar refractivity (Wildman–Crippen MR) is 66.5 cm³/mol. The van der Waals surface area contributed by atoms with E-state index < -0.39 is 0 Å². The molecule has 0 saturated heterocycles. The molecule has 2 rings (SSSR count). The molecule has 0 aliphatic carbocycles. The molecule has 0 saturated carbocycles. The van der Waals surface area contributed by atoms with E-state index in [1.54, 1.807) is 11.4 Å². The highest BCUT2D eigenvalue weighted by Crippen LogP contribution is 2.21. The fourth-order valence-corrected chi connectivity index (χ4v) is 2.28. The first-order valence-electron chi connectivity index (χ1n) is 4.58. The number of anilines is 1. The van der Waals surface area contributed by atoms with Crippen molar-refractivity contribution < 1.29 is 14.0 Å². The van der Waals surface area contributed by atoms with E-state index in [4.69, 9.17) is 4.42 Å². The third-order valence-electron chi connectivity index (χ3n) is 1.95. The number of amides is 1. The van der Waals surface area contributed by atoms with Crippen LogP contribution in [0.4, 0.5) is 5.13 Å². The maximum Gasteiger partial charge on any atom is 0.261 e. The molecule has 0 bridgehead atoms. The third kappa shape index (κ3) is 2.62. The second-order valence-electron chi connectivity index (χ2n) is 3.16. The number of aromatic nitrogens is 1. The minimum Gasteiger partial charge on any atom is -0.457 e. The molecule has 2 aromatic rings. The van der Waals surface area contributed by atoms with Gasteiger partial charge in [0.2, 0.25) is 0 Å². The molecule has 1 N–H and O–H groups in total. The quantitative estimate of drug-likeness (QED) is 0.884. The van der Waals surface area contributed by atoms with Crippen molar-refractivity contribution in [3.63, 3.8) is 0 Å². The van der Waals surface area contributed by atoms with Crippen LogP contribution in [0, 0.1) is 0 Å². The van der Waals surface area contributed by atoms with Gasteiger partial charge in [-0.2, -0.15) is 0 Å². The van der Waals surface area contributed by atoms with E-state index in [0.717, 1.165) is 0 Å². The summed E-state index contributed by atoms with van der Waals surface area (Å²) in [4.78, 5) is 26.8. The number of carbonyl (C=O) groups is 2. The highest BCUT2D eigenvalue weighted by molar-refractivity contribution is 9.10. The summed E-state index contributed by atoms with van der Waals surface area (Å²) in [5, 5.41) is 4.57. The second kappa shape index (κ2) is 4.80. The molecule has 0 aliphatic rings. The predicted octanol–water partition coefficient (Wildman–Crippen LogP) is 2.95. The van der Waals surface area contributed by atoms with Gasteiger partial charge in [-0.3, -0.25) is 14.9 Å². The van der Waals surface area contributed by atoms with E-state index in [2.05, 4.69) is 26.2 Å². The number of furan rings is 1. The summed E-state index contributed by atoms with van der Waals surface area (Å²) in [5.41, 5.74) is 0.723. The van der Waals surface area contributed by atoms with Crippen LogP contribution >= 0.6 is 27.3 Å². The summed E-state index contributed by atoms with van der Waals surface area (Å²) in [7, 11) is 0. The van der Waals surface area contributed by atoms with Crippen molar-refractivity contribution in [3.05, 3.63) is 33.6 Å². The molecule has 0 fully saturated rings. The highest BCUT2D eigenvalue weighted by Gasteiger charge is 2.14. The lowest BCUT2D eigenvalue weighted by atomic mass is 10.3. The molecular formula is C10H7BrN2O3S. The second-order valence-corrected chi connectivity index (χ2v) is 4.73. The van der Waals surface area contributed by atoms with E-state index in [9.17, 15) is 9.59 Å². The van der Waals surface area contributed by atoms with Crippen molar-refractivity contribution in [2.24, 2.45) is 0 Å². The Labute approximate surface area is 109 Å². The summed E-state index contributed by atoms with van der Waals surface area (Å²) in [6.07, 6.45) is 1.40. The van der Waals surface area contributed by atoms with Crippen LogP contribution in [0.15, 0.2) is 26.8 Å². The van der Waals surface area contributed by atoms with Gasteiger partial charge in [0.25, 0.3) is 5.91 Å². The normalized spacial score (nSPS) is 10.2. The molecule has 7 heteroatoms. The Hall–Kier alpha value is -1.47. The topological polar surface area (TPSA) is 72.2 Å². The molecule has 5 nitrogen and oxygen atoms in total. The summed E-state index contributed by atoms with van der Waals surface area (Å²) in [5.74, 6) is -0.471. The van der Waals surface area contributed by atoms with Crippen LogP contribution in [0.1, 0.15) is 27.8 Å². The third-order valence-corrected chi connectivity index (χ3v) is 3.32. The van der Waals surface area contributed by atoms with E-state index in [1.807, 2.05) is 0 Å².